The van der Waals surface area contributed by atoms with Crippen molar-refractivity contribution in [2.24, 2.45) is 5.92 Å². The number of carbonyl (C=O) groups excluding carboxylic acids is 1. The van der Waals surface area contributed by atoms with Gasteiger partial charge in [0.2, 0.25) is 0 Å². The lowest BCUT2D eigenvalue weighted by Gasteiger charge is -2.16. The maximum Gasteiger partial charge on any atom is 0.303 e. The number of carboxylic acid groups (broad SMARTS) is 1. The summed E-state index contributed by atoms with van der Waals surface area (Å²) in [7, 11) is 0. The zero-order valence-electron chi connectivity index (χ0n) is 10.7. The van der Waals surface area contributed by atoms with E-state index in [0.29, 0.717) is 30.6 Å². The molecule has 19 heavy (non-hydrogen) atoms. The van der Waals surface area contributed by atoms with Crippen LogP contribution in [0.4, 0.5) is 4.39 Å². The number of aryl methyl sites for hydroxylation is 1. The summed E-state index contributed by atoms with van der Waals surface area (Å²) in [5.74, 6) is -1.31. The standard InChI is InChI=1S/C14H16FNO3/c1-9-6-11(2-3-12(9)15)14(19)16-5-4-10(8-16)7-13(17)18/h2-3,6,10H,4-5,7-8H2,1H3,(H,17,18). The fourth-order valence-corrected chi connectivity index (χ4v) is 2.39. The molecule has 5 heteroatoms. The average molecular weight is 265 g/mol. The second-order valence-electron chi connectivity index (χ2n) is 4.97. The van der Waals surface area contributed by atoms with Gasteiger partial charge >= 0.3 is 5.97 Å². The van der Waals surface area contributed by atoms with Gasteiger partial charge in [0, 0.05) is 25.1 Å². The van der Waals surface area contributed by atoms with Gasteiger partial charge in [-0.1, -0.05) is 0 Å². The van der Waals surface area contributed by atoms with Crippen LogP contribution in [0.1, 0.15) is 28.8 Å². The number of halogens is 1. The Morgan fingerprint density at radius 3 is 2.84 bits per heavy atom. The van der Waals surface area contributed by atoms with Crippen molar-refractivity contribution in [1.29, 1.82) is 0 Å². The Labute approximate surface area is 110 Å². The van der Waals surface area contributed by atoms with E-state index in [9.17, 15) is 14.0 Å². The zero-order chi connectivity index (χ0) is 14.0. The van der Waals surface area contributed by atoms with E-state index in [1.54, 1.807) is 11.8 Å². The van der Waals surface area contributed by atoms with Crippen LogP contribution in [0.25, 0.3) is 0 Å². The number of benzene rings is 1. The highest BCUT2D eigenvalue weighted by atomic mass is 19.1. The summed E-state index contributed by atoms with van der Waals surface area (Å²) in [6.45, 7) is 2.64. The molecular formula is C14H16FNO3. The molecule has 2 rings (SSSR count). The van der Waals surface area contributed by atoms with Crippen molar-refractivity contribution in [3.8, 4) is 0 Å². The number of rotatable bonds is 3. The summed E-state index contributed by atoms with van der Waals surface area (Å²) in [5, 5.41) is 8.74. The van der Waals surface area contributed by atoms with Crippen LogP contribution in [0.5, 0.6) is 0 Å². The molecule has 0 radical (unpaired) electrons. The van der Waals surface area contributed by atoms with E-state index in [2.05, 4.69) is 0 Å². The largest absolute Gasteiger partial charge is 0.481 e. The fraction of sp³-hybridized carbons (Fsp3) is 0.429. The maximum atomic E-state index is 13.2. The van der Waals surface area contributed by atoms with Crippen LogP contribution in [-0.2, 0) is 4.79 Å². The molecule has 1 heterocycles. The minimum atomic E-state index is -0.836. The number of carboxylic acids is 1. The van der Waals surface area contributed by atoms with Gasteiger partial charge in [-0.15, -0.1) is 0 Å². The molecule has 1 aromatic rings. The highest BCUT2D eigenvalue weighted by Crippen LogP contribution is 2.22. The van der Waals surface area contributed by atoms with Crippen LogP contribution in [0.2, 0.25) is 0 Å². The molecule has 4 nitrogen and oxygen atoms in total. The van der Waals surface area contributed by atoms with Crippen molar-refractivity contribution in [1.82, 2.24) is 4.90 Å². The van der Waals surface area contributed by atoms with Crippen LogP contribution < -0.4 is 0 Å². The first kappa shape index (κ1) is 13.5. The first-order valence-corrected chi connectivity index (χ1v) is 6.24. The van der Waals surface area contributed by atoms with Crippen molar-refractivity contribution in [2.45, 2.75) is 19.8 Å². The van der Waals surface area contributed by atoms with Gasteiger partial charge in [0.15, 0.2) is 0 Å². The van der Waals surface area contributed by atoms with Gasteiger partial charge in [-0.25, -0.2) is 4.39 Å². The highest BCUT2D eigenvalue weighted by molar-refractivity contribution is 5.94. The molecule has 102 valence electrons. The van der Waals surface area contributed by atoms with E-state index in [1.165, 1.54) is 18.2 Å². The predicted octanol–water partition coefficient (Wildman–Crippen LogP) is 2.07. The molecule has 1 aliphatic rings. The summed E-state index contributed by atoms with van der Waals surface area (Å²) in [5.41, 5.74) is 0.891. The van der Waals surface area contributed by atoms with Gasteiger partial charge in [-0.3, -0.25) is 9.59 Å². The van der Waals surface area contributed by atoms with Crippen LogP contribution in [-0.4, -0.2) is 35.0 Å². The van der Waals surface area contributed by atoms with E-state index in [0.717, 1.165) is 0 Å². The van der Waals surface area contributed by atoms with E-state index in [4.69, 9.17) is 5.11 Å². The molecule has 0 spiro atoms. The summed E-state index contributed by atoms with van der Waals surface area (Å²) < 4.78 is 13.2. The van der Waals surface area contributed by atoms with Crippen LogP contribution in [0, 0.1) is 18.7 Å². The smallest absolute Gasteiger partial charge is 0.303 e. The Kier molecular flexibility index (Phi) is 3.83. The average Bonchev–Trinajstić information content (AvgIpc) is 2.79. The molecule has 0 bridgehead atoms. The van der Waals surface area contributed by atoms with Crippen molar-refractivity contribution in [3.05, 3.63) is 35.1 Å². The molecule has 1 unspecified atom stereocenters. The van der Waals surface area contributed by atoms with Gasteiger partial charge in [-0.2, -0.15) is 0 Å². The van der Waals surface area contributed by atoms with E-state index >= 15 is 0 Å². The first-order valence-electron chi connectivity index (χ1n) is 6.24. The number of hydrogen-bond donors (Lipinski definition) is 1. The molecule has 0 aromatic heterocycles. The van der Waals surface area contributed by atoms with Crippen molar-refractivity contribution >= 4 is 11.9 Å². The number of amides is 1. The Balaban J connectivity index is 2.04. The zero-order valence-corrected chi connectivity index (χ0v) is 10.7. The second kappa shape index (κ2) is 5.38. The Bertz CT molecular complexity index is 515. The summed E-state index contributed by atoms with van der Waals surface area (Å²) in [6, 6.07) is 4.28. The van der Waals surface area contributed by atoms with E-state index < -0.39 is 5.97 Å². The maximum absolute atomic E-state index is 13.2. The highest BCUT2D eigenvalue weighted by Gasteiger charge is 2.28. The van der Waals surface area contributed by atoms with E-state index in [1.807, 2.05) is 0 Å². The normalized spacial score (nSPS) is 18.6. The Hall–Kier alpha value is -1.91. The lowest BCUT2D eigenvalue weighted by Crippen LogP contribution is -2.29. The SMILES string of the molecule is Cc1cc(C(=O)N2CCC(CC(=O)O)C2)ccc1F. The molecule has 1 N–H and O–H groups in total. The van der Waals surface area contributed by atoms with Crippen molar-refractivity contribution in [2.75, 3.05) is 13.1 Å². The van der Waals surface area contributed by atoms with Crippen molar-refractivity contribution < 1.29 is 19.1 Å². The summed E-state index contributed by atoms with van der Waals surface area (Å²) >= 11 is 0. The van der Waals surface area contributed by atoms with Crippen LogP contribution in [0.3, 0.4) is 0 Å². The Morgan fingerprint density at radius 2 is 2.21 bits per heavy atom. The summed E-state index contributed by atoms with van der Waals surface area (Å²) in [4.78, 5) is 24.5. The molecule has 1 fully saturated rings. The molecule has 1 atom stereocenters. The minimum absolute atomic E-state index is 0.0167. The second-order valence-corrected chi connectivity index (χ2v) is 4.97. The number of carbonyl (C=O) groups is 2. The van der Waals surface area contributed by atoms with Gasteiger partial charge in [0.25, 0.3) is 5.91 Å². The number of nitrogens with zero attached hydrogens (tertiary/aromatic N) is 1. The molecule has 1 aromatic carbocycles. The first-order chi connectivity index (χ1) is 8.97. The number of likely N-dealkylation sites (tertiary alicyclic amines) is 1. The van der Waals surface area contributed by atoms with Crippen LogP contribution >= 0.6 is 0 Å². The number of hydrogen-bond acceptors (Lipinski definition) is 2. The molecule has 1 saturated heterocycles. The minimum Gasteiger partial charge on any atom is -0.481 e. The molecule has 1 amide bonds. The molecule has 1 aliphatic heterocycles. The number of aliphatic carboxylic acids is 1. The van der Waals surface area contributed by atoms with Gasteiger partial charge in [-0.05, 0) is 43.0 Å². The lowest BCUT2D eigenvalue weighted by atomic mass is 10.1. The quantitative estimate of drug-likeness (QED) is 0.910. The summed E-state index contributed by atoms with van der Waals surface area (Å²) in [6.07, 6.45) is 0.796. The molecule has 0 aliphatic carbocycles. The van der Waals surface area contributed by atoms with Crippen LogP contribution in [0.15, 0.2) is 18.2 Å². The van der Waals surface area contributed by atoms with Gasteiger partial charge < -0.3 is 10.0 Å². The third-order valence-corrected chi connectivity index (χ3v) is 3.44. The third kappa shape index (κ3) is 3.10. The van der Waals surface area contributed by atoms with E-state index in [-0.39, 0.29) is 24.1 Å². The fourth-order valence-electron chi connectivity index (χ4n) is 2.39. The Morgan fingerprint density at radius 1 is 1.47 bits per heavy atom. The predicted molar refractivity (Wildman–Crippen MR) is 67.4 cm³/mol. The molecular weight excluding hydrogens is 249 g/mol. The monoisotopic (exact) mass is 265 g/mol. The van der Waals surface area contributed by atoms with Gasteiger partial charge in [0.05, 0.1) is 0 Å². The molecule has 0 saturated carbocycles. The topological polar surface area (TPSA) is 57.6 Å². The van der Waals surface area contributed by atoms with Gasteiger partial charge in [0.1, 0.15) is 5.82 Å². The van der Waals surface area contributed by atoms with Crippen molar-refractivity contribution in [3.63, 3.8) is 0 Å². The third-order valence-electron chi connectivity index (χ3n) is 3.44. The lowest BCUT2D eigenvalue weighted by molar-refractivity contribution is -0.138.